The van der Waals surface area contributed by atoms with Gasteiger partial charge in [-0.15, -0.1) is 0 Å². The summed E-state index contributed by atoms with van der Waals surface area (Å²) in [5, 5.41) is 10.7. The lowest BCUT2D eigenvalue weighted by Crippen LogP contribution is -2.30. The number of nitrogens with two attached hydrogens (primary N) is 4. The van der Waals surface area contributed by atoms with Crippen molar-refractivity contribution >= 4 is 5.97 Å². The molecular weight excluding hydrogens is 404 g/mol. The van der Waals surface area contributed by atoms with Gasteiger partial charge in [0.1, 0.15) is 11.5 Å². The van der Waals surface area contributed by atoms with Gasteiger partial charge in [-0.2, -0.15) is 0 Å². The Hall–Kier alpha value is -2.45. The van der Waals surface area contributed by atoms with Crippen molar-refractivity contribution in [2.45, 2.75) is 32.1 Å². The molecule has 1 saturated carbocycles. The van der Waals surface area contributed by atoms with Crippen molar-refractivity contribution < 1.29 is 14.6 Å². The van der Waals surface area contributed by atoms with E-state index in [0.29, 0.717) is 64.0 Å². The van der Waals surface area contributed by atoms with Crippen LogP contribution in [0.25, 0.3) is 0 Å². The number of carbonyl (C=O) groups is 1. The van der Waals surface area contributed by atoms with Crippen molar-refractivity contribution in [3.8, 4) is 11.5 Å². The van der Waals surface area contributed by atoms with Gasteiger partial charge in [-0.25, -0.2) is 0 Å². The summed E-state index contributed by atoms with van der Waals surface area (Å²) in [4.78, 5) is 13.0. The van der Waals surface area contributed by atoms with Gasteiger partial charge in [-0.1, -0.05) is 30.3 Å². The molecule has 7 nitrogen and oxygen atoms in total. The van der Waals surface area contributed by atoms with Crippen LogP contribution in [0.4, 0.5) is 0 Å². The second-order valence-corrected chi connectivity index (χ2v) is 8.77. The fourth-order valence-corrected chi connectivity index (χ4v) is 6.45. The van der Waals surface area contributed by atoms with Crippen molar-refractivity contribution in [1.82, 2.24) is 0 Å². The molecule has 1 fully saturated rings. The van der Waals surface area contributed by atoms with Crippen LogP contribution in [0.15, 0.2) is 54.6 Å². The number of para-hydroxylation sites is 1. The standard InChI is InChI=1S/C25H36N4O3/c26-13-9-23(10-14-27)24(11-15-28,12-16-29)25(23,22(30)31)18-19-5-4-8-21(17-19)32-20-6-2-1-3-7-20/h1-8,17H,9-16,18,26-29H2,(H,30,31). The van der Waals surface area contributed by atoms with E-state index >= 15 is 0 Å². The normalized spacial score (nSPS) is 17.6. The topological polar surface area (TPSA) is 151 Å². The number of ether oxygens (including phenoxy) is 1. The van der Waals surface area contributed by atoms with E-state index in [4.69, 9.17) is 27.7 Å². The van der Waals surface area contributed by atoms with Crippen molar-refractivity contribution in [3.05, 3.63) is 60.2 Å². The van der Waals surface area contributed by atoms with Gasteiger partial charge in [0.2, 0.25) is 0 Å². The molecule has 3 rings (SSSR count). The van der Waals surface area contributed by atoms with Gasteiger partial charge in [-0.3, -0.25) is 4.79 Å². The van der Waals surface area contributed by atoms with E-state index in [1.54, 1.807) is 0 Å². The van der Waals surface area contributed by atoms with E-state index in [1.165, 1.54) is 0 Å². The third-order valence-electron chi connectivity index (χ3n) is 7.48. The lowest BCUT2D eigenvalue weighted by Gasteiger charge is -2.24. The molecule has 0 radical (unpaired) electrons. The first-order valence-corrected chi connectivity index (χ1v) is 11.3. The minimum absolute atomic E-state index is 0.355. The van der Waals surface area contributed by atoms with Crippen molar-refractivity contribution in [3.63, 3.8) is 0 Å². The van der Waals surface area contributed by atoms with Gasteiger partial charge < -0.3 is 32.8 Å². The van der Waals surface area contributed by atoms with Crippen molar-refractivity contribution in [2.75, 3.05) is 26.2 Å². The van der Waals surface area contributed by atoms with E-state index in [1.807, 2.05) is 54.6 Å². The fraction of sp³-hybridized carbons (Fsp3) is 0.480. The number of rotatable bonds is 13. The van der Waals surface area contributed by atoms with Gasteiger partial charge in [-0.05, 0) is 98.9 Å². The van der Waals surface area contributed by atoms with Gasteiger partial charge >= 0.3 is 5.97 Å². The Balaban J connectivity index is 2.03. The number of carboxylic acids is 1. The summed E-state index contributed by atoms with van der Waals surface area (Å²) in [5.74, 6) is 0.572. The fourth-order valence-electron chi connectivity index (χ4n) is 6.45. The van der Waals surface area contributed by atoms with E-state index < -0.39 is 22.2 Å². The molecule has 32 heavy (non-hydrogen) atoms. The Labute approximate surface area is 190 Å². The molecule has 0 unspecified atom stereocenters. The molecule has 0 spiro atoms. The molecule has 0 saturated heterocycles. The molecule has 0 aromatic heterocycles. The molecule has 0 amide bonds. The third-order valence-corrected chi connectivity index (χ3v) is 7.48. The van der Waals surface area contributed by atoms with Crippen molar-refractivity contribution in [2.24, 2.45) is 39.2 Å². The summed E-state index contributed by atoms with van der Waals surface area (Å²) in [6.07, 6.45) is 2.68. The van der Waals surface area contributed by atoms with Crippen LogP contribution in [0.3, 0.4) is 0 Å². The van der Waals surface area contributed by atoms with Crippen LogP contribution in [-0.4, -0.2) is 37.3 Å². The van der Waals surface area contributed by atoms with Crippen LogP contribution in [0, 0.1) is 16.2 Å². The predicted molar refractivity (Wildman–Crippen MR) is 126 cm³/mol. The quantitative estimate of drug-likeness (QED) is 0.321. The summed E-state index contributed by atoms with van der Waals surface area (Å²) < 4.78 is 5.98. The third kappa shape index (κ3) is 3.79. The van der Waals surface area contributed by atoms with Gasteiger partial charge in [0, 0.05) is 0 Å². The summed E-state index contributed by atoms with van der Waals surface area (Å²) in [6.45, 7) is 1.57. The maximum absolute atomic E-state index is 13.0. The lowest BCUT2D eigenvalue weighted by atomic mass is 9.82. The second kappa shape index (κ2) is 10.0. The van der Waals surface area contributed by atoms with E-state index in [-0.39, 0.29) is 0 Å². The summed E-state index contributed by atoms with van der Waals surface area (Å²) in [6, 6.07) is 17.1. The minimum Gasteiger partial charge on any atom is -0.481 e. The number of carboxylic acid groups (broad SMARTS) is 1. The zero-order valence-corrected chi connectivity index (χ0v) is 18.6. The first-order valence-electron chi connectivity index (χ1n) is 11.3. The highest BCUT2D eigenvalue weighted by molar-refractivity contribution is 5.83. The Morgan fingerprint density at radius 1 is 0.750 bits per heavy atom. The molecule has 7 heteroatoms. The summed E-state index contributed by atoms with van der Waals surface area (Å²) >= 11 is 0. The number of hydrogen-bond donors (Lipinski definition) is 5. The molecule has 0 bridgehead atoms. The molecule has 2 aromatic carbocycles. The molecule has 1 aliphatic carbocycles. The highest BCUT2D eigenvalue weighted by atomic mass is 16.5. The van der Waals surface area contributed by atoms with Gasteiger partial charge in [0.05, 0.1) is 5.41 Å². The van der Waals surface area contributed by atoms with E-state index in [0.717, 1.165) is 11.3 Å². The van der Waals surface area contributed by atoms with Gasteiger partial charge in [0.15, 0.2) is 0 Å². The smallest absolute Gasteiger partial charge is 0.311 e. The highest BCUT2D eigenvalue weighted by Crippen LogP contribution is 2.84. The Bertz CT molecular complexity index is 869. The molecule has 0 atom stereocenters. The number of aliphatic carboxylic acids is 1. The Kier molecular flexibility index (Phi) is 7.56. The lowest BCUT2D eigenvalue weighted by molar-refractivity contribution is -0.146. The van der Waals surface area contributed by atoms with E-state index in [9.17, 15) is 9.90 Å². The average molecular weight is 441 g/mol. The number of hydrogen-bond acceptors (Lipinski definition) is 6. The van der Waals surface area contributed by atoms with Crippen LogP contribution < -0.4 is 27.7 Å². The zero-order chi connectivity index (χ0) is 23.2. The van der Waals surface area contributed by atoms with Crippen LogP contribution in [0.5, 0.6) is 11.5 Å². The minimum atomic E-state index is -1.02. The number of benzene rings is 2. The summed E-state index contributed by atoms with van der Waals surface area (Å²) in [5.41, 5.74) is 22.8. The first kappa shape index (κ1) is 24.2. The van der Waals surface area contributed by atoms with Crippen LogP contribution in [-0.2, 0) is 11.2 Å². The molecular formula is C25H36N4O3. The van der Waals surface area contributed by atoms with Crippen molar-refractivity contribution in [1.29, 1.82) is 0 Å². The van der Waals surface area contributed by atoms with Crippen LogP contribution >= 0.6 is 0 Å². The second-order valence-electron chi connectivity index (χ2n) is 8.77. The maximum Gasteiger partial charge on any atom is 0.311 e. The SMILES string of the molecule is NCCC1(CCN)C(CCN)(CCN)C1(Cc1cccc(Oc2ccccc2)c1)C(=O)O. The van der Waals surface area contributed by atoms with E-state index in [2.05, 4.69) is 0 Å². The Morgan fingerprint density at radius 2 is 1.25 bits per heavy atom. The first-order chi connectivity index (χ1) is 15.5. The van der Waals surface area contributed by atoms with Crippen LogP contribution in [0.1, 0.15) is 31.2 Å². The maximum atomic E-state index is 13.0. The molecule has 2 aromatic rings. The van der Waals surface area contributed by atoms with Crippen LogP contribution in [0.2, 0.25) is 0 Å². The van der Waals surface area contributed by atoms with Gasteiger partial charge in [0.25, 0.3) is 0 Å². The predicted octanol–water partition coefficient (Wildman–Crippen LogP) is 2.47. The molecule has 1 aliphatic rings. The largest absolute Gasteiger partial charge is 0.481 e. The molecule has 9 N–H and O–H groups in total. The Morgan fingerprint density at radius 3 is 1.72 bits per heavy atom. The average Bonchev–Trinajstić information content (AvgIpc) is 3.23. The monoisotopic (exact) mass is 440 g/mol. The highest BCUT2D eigenvalue weighted by Gasteiger charge is 2.87. The molecule has 0 aliphatic heterocycles. The zero-order valence-electron chi connectivity index (χ0n) is 18.6. The summed E-state index contributed by atoms with van der Waals surface area (Å²) in [7, 11) is 0. The molecule has 174 valence electrons. The molecule has 0 heterocycles.